The summed E-state index contributed by atoms with van der Waals surface area (Å²) in [7, 11) is 0. The number of benzene rings is 1. The SMILES string of the molecule is O=C(O)[C@H](Cc1cnc[nH]1)NC(=O)[C@@H]1CNC(=O)N1C(=O)OCc1ccccc1. The molecule has 152 valence electrons. The molecule has 2 heterocycles. The summed E-state index contributed by atoms with van der Waals surface area (Å²) in [6, 6.07) is 5.56. The number of aliphatic carboxylic acids is 1. The van der Waals surface area contributed by atoms with Gasteiger partial charge in [-0.2, -0.15) is 0 Å². The van der Waals surface area contributed by atoms with Crippen LogP contribution in [0.15, 0.2) is 42.9 Å². The third-order valence-electron chi connectivity index (χ3n) is 4.28. The standard InChI is InChI=1S/C18H19N5O6/c24-15(22-13(16(25)26)6-12-7-19-10-21-12)14-8-20-17(27)23(14)18(28)29-9-11-4-2-1-3-5-11/h1-5,7,10,13-14H,6,8-9H2,(H,19,21)(H,20,27)(H,22,24)(H,25,26)/t13-,14-/m0/s1. The number of carboxylic acids is 1. The molecule has 0 radical (unpaired) electrons. The number of amides is 4. The molecule has 4 N–H and O–H groups in total. The van der Waals surface area contributed by atoms with E-state index in [1.165, 1.54) is 12.5 Å². The maximum atomic E-state index is 12.6. The van der Waals surface area contributed by atoms with Crippen molar-refractivity contribution in [2.75, 3.05) is 6.54 Å². The fourth-order valence-electron chi connectivity index (χ4n) is 2.80. The Kier molecular flexibility index (Phi) is 6.07. The fourth-order valence-corrected chi connectivity index (χ4v) is 2.80. The lowest BCUT2D eigenvalue weighted by molar-refractivity contribution is -0.142. The monoisotopic (exact) mass is 401 g/mol. The molecule has 2 aromatic rings. The molecule has 0 bridgehead atoms. The van der Waals surface area contributed by atoms with E-state index in [0.29, 0.717) is 16.2 Å². The number of rotatable bonds is 7. The molecule has 1 aromatic heterocycles. The highest BCUT2D eigenvalue weighted by atomic mass is 16.6. The highest BCUT2D eigenvalue weighted by Gasteiger charge is 2.42. The lowest BCUT2D eigenvalue weighted by Gasteiger charge is -2.22. The highest BCUT2D eigenvalue weighted by Crippen LogP contribution is 2.12. The minimum atomic E-state index is -1.26. The first kappa shape index (κ1) is 19.9. The van der Waals surface area contributed by atoms with Gasteiger partial charge < -0.3 is 25.5 Å². The van der Waals surface area contributed by atoms with Crippen molar-refractivity contribution in [3.05, 3.63) is 54.1 Å². The number of carboxylic acid groups (broad SMARTS) is 1. The van der Waals surface area contributed by atoms with E-state index >= 15 is 0 Å². The van der Waals surface area contributed by atoms with E-state index in [1.54, 1.807) is 24.3 Å². The number of aromatic amines is 1. The van der Waals surface area contributed by atoms with Crippen LogP contribution in [0.3, 0.4) is 0 Å². The maximum Gasteiger partial charge on any atom is 0.419 e. The van der Waals surface area contributed by atoms with Gasteiger partial charge in [0.25, 0.3) is 0 Å². The predicted octanol–water partition coefficient (Wildman–Crippen LogP) is 0.252. The lowest BCUT2D eigenvalue weighted by Crippen LogP contribution is -2.53. The number of imidazole rings is 1. The Hall–Kier alpha value is -3.89. The van der Waals surface area contributed by atoms with Crippen LogP contribution in [0.2, 0.25) is 0 Å². The first-order valence-electron chi connectivity index (χ1n) is 8.74. The number of aromatic nitrogens is 2. The van der Waals surface area contributed by atoms with E-state index < -0.39 is 36.1 Å². The molecule has 1 aliphatic rings. The summed E-state index contributed by atoms with van der Waals surface area (Å²) in [4.78, 5) is 55.6. The van der Waals surface area contributed by atoms with Crippen molar-refractivity contribution in [2.45, 2.75) is 25.1 Å². The molecule has 0 aliphatic carbocycles. The van der Waals surface area contributed by atoms with E-state index in [-0.39, 0.29) is 19.6 Å². The Morgan fingerprint density at radius 3 is 2.72 bits per heavy atom. The first-order chi connectivity index (χ1) is 14.0. The van der Waals surface area contributed by atoms with E-state index in [2.05, 4.69) is 20.6 Å². The molecule has 0 unspecified atom stereocenters. The zero-order chi connectivity index (χ0) is 20.8. The Morgan fingerprint density at radius 2 is 2.07 bits per heavy atom. The van der Waals surface area contributed by atoms with Crippen molar-refractivity contribution in [3.8, 4) is 0 Å². The van der Waals surface area contributed by atoms with Crippen molar-refractivity contribution in [1.82, 2.24) is 25.5 Å². The average molecular weight is 401 g/mol. The molecule has 29 heavy (non-hydrogen) atoms. The van der Waals surface area contributed by atoms with Gasteiger partial charge in [-0.15, -0.1) is 0 Å². The quantitative estimate of drug-likeness (QED) is 0.519. The maximum absolute atomic E-state index is 12.6. The fraction of sp³-hybridized carbons (Fsp3) is 0.278. The van der Waals surface area contributed by atoms with Gasteiger partial charge >= 0.3 is 18.1 Å². The zero-order valence-electron chi connectivity index (χ0n) is 15.2. The van der Waals surface area contributed by atoms with Gasteiger partial charge in [0.05, 0.1) is 6.33 Å². The lowest BCUT2D eigenvalue weighted by atomic mass is 10.1. The third kappa shape index (κ3) is 4.89. The van der Waals surface area contributed by atoms with Crippen LogP contribution in [-0.4, -0.2) is 62.6 Å². The molecule has 1 fully saturated rings. The summed E-state index contributed by atoms with van der Waals surface area (Å²) < 4.78 is 5.12. The molecule has 1 saturated heterocycles. The van der Waals surface area contributed by atoms with Gasteiger partial charge in [0.2, 0.25) is 5.91 Å². The van der Waals surface area contributed by atoms with Crippen LogP contribution >= 0.6 is 0 Å². The van der Waals surface area contributed by atoms with E-state index in [4.69, 9.17) is 4.74 Å². The van der Waals surface area contributed by atoms with Crippen LogP contribution in [0.5, 0.6) is 0 Å². The number of imide groups is 1. The largest absolute Gasteiger partial charge is 0.480 e. The molecule has 0 spiro atoms. The number of carbonyl (C=O) groups is 4. The summed E-state index contributed by atoms with van der Waals surface area (Å²) in [6.45, 7) is -0.225. The Morgan fingerprint density at radius 1 is 1.31 bits per heavy atom. The number of nitrogens with zero attached hydrogens (tertiary/aromatic N) is 2. The van der Waals surface area contributed by atoms with E-state index in [0.717, 1.165) is 0 Å². The second kappa shape index (κ2) is 8.87. The highest BCUT2D eigenvalue weighted by molar-refractivity contribution is 6.00. The van der Waals surface area contributed by atoms with Crippen molar-refractivity contribution in [3.63, 3.8) is 0 Å². The Bertz CT molecular complexity index is 885. The summed E-state index contributed by atoms with van der Waals surface area (Å²) in [5.41, 5.74) is 1.23. The number of hydrogen-bond donors (Lipinski definition) is 4. The van der Waals surface area contributed by atoms with Gasteiger partial charge in [-0.3, -0.25) is 4.79 Å². The van der Waals surface area contributed by atoms with E-state index in [1.807, 2.05) is 6.07 Å². The molecule has 0 saturated carbocycles. The molecule has 1 aromatic carbocycles. The molecular weight excluding hydrogens is 382 g/mol. The van der Waals surface area contributed by atoms with Gasteiger partial charge in [0, 0.05) is 24.9 Å². The molecule has 11 heteroatoms. The first-order valence-corrected chi connectivity index (χ1v) is 8.74. The van der Waals surface area contributed by atoms with Crippen LogP contribution in [0.4, 0.5) is 9.59 Å². The van der Waals surface area contributed by atoms with Gasteiger partial charge in [-0.05, 0) is 5.56 Å². The second-order valence-corrected chi connectivity index (χ2v) is 6.29. The molecule has 4 amide bonds. The van der Waals surface area contributed by atoms with Crippen LogP contribution in [0.1, 0.15) is 11.3 Å². The minimum Gasteiger partial charge on any atom is -0.480 e. The number of hydrogen-bond acceptors (Lipinski definition) is 6. The van der Waals surface area contributed by atoms with Crippen molar-refractivity contribution in [2.24, 2.45) is 0 Å². The summed E-state index contributed by atoms with van der Waals surface area (Å²) in [6.07, 6.45) is 1.80. The molecule has 2 atom stereocenters. The topological polar surface area (TPSA) is 154 Å². The number of carbonyl (C=O) groups excluding carboxylic acids is 3. The predicted molar refractivity (Wildman–Crippen MR) is 97.5 cm³/mol. The van der Waals surface area contributed by atoms with Crippen LogP contribution < -0.4 is 10.6 Å². The van der Waals surface area contributed by atoms with Crippen molar-refractivity contribution < 1.29 is 29.0 Å². The van der Waals surface area contributed by atoms with E-state index in [9.17, 15) is 24.3 Å². The Labute approximate surface area is 165 Å². The number of nitrogens with one attached hydrogen (secondary N) is 3. The Balaban J connectivity index is 1.64. The summed E-state index contributed by atoms with van der Waals surface area (Å²) in [5, 5.41) is 14.1. The van der Waals surface area contributed by atoms with Gasteiger partial charge in [0.1, 0.15) is 18.7 Å². The summed E-state index contributed by atoms with van der Waals surface area (Å²) in [5.74, 6) is -2.05. The zero-order valence-corrected chi connectivity index (χ0v) is 15.2. The number of urea groups is 1. The molecule has 1 aliphatic heterocycles. The molecule has 11 nitrogen and oxygen atoms in total. The van der Waals surface area contributed by atoms with Crippen molar-refractivity contribution in [1.29, 1.82) is 0 Å². The van der Waals surface area contributed by atoms with Gasteiger partial charge in [-0.1, -0.05) is 30.3 Å². The summed E-state index contributed by atoms with van der Waals surface area (Å²) >= 11 is 0. The third-order valence-corrected chi connectivity index (χ3v) is 4.28. The van der Waals surface area contributed by atoms with Gasteiger partial charge in [0.15, 0.2) is 0 Å². The van der Waals surface area contributed by atoms with Crippen LogP contribution in [0.25, 0.3) is 0 Å². The average Bonchev–Trinajstić information content (AvgIpc) is 3.35. The number of H-pyrrole nitrogens is 1. The molecule has 3 rings (SSSR count). The molecular formula is C18H19N5O6. The smallest absolute Gasteiger partial charge is 0.419 e. The normalized spacial score (nSPS) is 16.8. The number of ether oxygens (including phenoxy) is 1. The minimum absolute atomic E-state index is 0.0341. The second-order valence-electron chi connectivity index (χ2n) is 6.29. The van der Waals surface area contributed by atoms with Crippen LogP contribution in [-0.2, 0) is 27.4 Å². The van der Waals surface area contributed by atoms with Crippen LogP contribution in [0, 0.1) is 0 Å². The van der Waals surface area contributed by atoms with Gasteiger partial charge in [-0.25, -0.2) is 24.3 Å². The van der Waals surface area contributed by atoms with Crippen molar-refractivity contribution >= 4 is 24.0 Å².